The molecule has 4 aromatic rings. The number of urea groups is 1. The smallest absolute Gasteiger partial charge is 0.327 e. The third-order valence-corrected chi connectivity index (χ3v) is 5.41. The van der Waals surface area contributed by atoms with Crippen molar-refractivity contribution >= 4 is 34.6 Å². The molecule has 10 heteroatoms. The van der Waals surface area contributed by atoms with E-state index in [2.05, 4.69) is 41.5 Å². The van der Waals surface area contributed by atoms with Gasteiger partial charge in [-0.25, -0.2) is 19.7 Å². The van der Waals surface area contributed by atoms with Gasteiger partial charge in [0, 0.05) is 41.0 Å². The van der Waals surface area contributed by atoms with Crippen molar-refractivity contribution in [1.29, 1.82) is 0 Å². The van der Waals surface area contributed by atoms with E-state index in [1.165, 1.54) is 6.33 Å². The van der Waals surface area contributed by atoms with Crippen LogP contribution in [0.25, 0.3) is 22.2 Å². The Morgan fingerprint density at radius 1 is 1.19 bits per heavy atom. The molecule has 1 aliphatic carbocycles. The Bertz CT molecular complexity index is 1300. The number of nitrogens with zero attached hydrogens (tertiary/aromatic N) is 5. The lowest BCUT2D eigenvalue weighted by molar-refractivity contribution is 0.261. The monoisotopic (exact) mass is 432 g/mol. The number of aromatic nitrogens is 5. The van der Waals surface area contributed by atoms with E-state index in [-0.39, 0.29) is 11.3 Å². The van der Waals surface area contributed by atoms with Crippen LogP contribution in [-0.4, -0.2) is 30.7 Å². The van der Waals surface area contributed by atoms with Crippen molar-refractivity contribution in [2.24, 2.45) is 0 Å². The minimum atomic E-state index is -0.468. The van der Waals surface area contributed by atoms with E-state index >= 15 is 0 Å². The number of pyridine rings is 1. The van der Waals surface area contributed by atoms with Gasteiger partial charge in [-0.1, -0.05) is 25.9 Å². The number of carbonyl (C=O) groups is 1. The molecule has 0 atom stereocenters. The fourth-order valence-electron chi connectivity index (χ4n) is 3.53. The van der Waals surface area contributed by atoms with Crippen molar-refractivity contribution in [1.82, 2.24) is 24.7 Å². The molecular weight excluding hydrogens is 408 g/mol. The average Bonchev–Trinajstić information content (AvgIpc) is 3.33. The van der Waals surface area contributed by atoms with Crippen LogP contribution in [0.2, 0.25) is 0 Å². The van der Waals surface area contributed by atoms with Crippen LogP contribution in [0.4, 0.5) is 22.3 Å². The number of hydrogen-bond acceptors (Lipinski definition) is 7. The van der Waals surface area contributed by atoms with Gasteiger partial charge in [0.1, 0.15) is 23.6 Å². The summed E-state index contributed by atoms with van der Waals surface area (Å²) >= 11 is 0. The van der Waals surface area contributed by atoms with Gasteiger partial charge in [-0.2, -0.15) is 0 Å². The van der Waals surface area contributed by atoms with Crippen LogP contribution in [0.15, 0.2) is 41.4 Å². The Kier molecular flexibility index (Phi) is 4.58. The van der Waals surface area contributed by atoms with Gasteiger partial charge in [0.05, 0.1) is 11.1 Å². The maximum absolute atomic E-state index is 12.3. The molecule has 0 saturated heterocycles. The van der Waals surface area contributed by atoms with E-state index in [4.69, 9.17) is 10.3 Å². The maximum Gasteiger partial charge on any atom is 0.327 e. The fraction of sp³-hybridized carbons (Fsp3) is 0.318. The largest absolute Gasteiger partial charge is 0.383 e. The maximum atomic E-state index is 12.3. The summed E-state index contributed by atoms with van der Waals surface area (Å²) in [5.41, 5.74) is 9.36. The summed E-state index contributed by atoms with van der Waals surface area (Å²) in [7, 11) is 0. The molecule has 4 aromatic heterocycles. The van der Waals surface area contributed by atoms with Gasteiger partial charge < -0.3 is 14.8 Å². The summed E-state index contributed by atoms with van der Waals surface area (Å²) in [6.45, 7) is 6.05. The summed E-state index contributed by atoms with van der Waals surface area (Å²) in [5.74, 6) is 1.11. The number of nitrogens with two attached hydrogens (primary N) is 1. The van der Waals surface area contributed by atoms with E-state index < -0.39 is 6.03 Å². The number of nitrogens with one attached hydrogen (secondary N) is 2. The Hall–Kier alpha value is -3.95. The van der Waals surface area contributed by atoms with Crippen molar-refractivity contribution in [2.75, 3.05) is 16.4 Å². The average molecular weight is 432 g/mol. The van der Waals surface area contributed by atoms with Crippen molar-refractivity contribution in [3.05, 3.63) is 42.6 Å². The lowest BCUT2D eigenvalue weighted by atomic mass is 9.92. The van der Waals surface area contributed by atoms with Crippen molar-refractivity contribution in [3.63, 3.8) is 0 Å². The number of hydrogen-bond donors (Lipinski definition) is 3. The Balaban J connectivity index is 1.34. The molecule has 0 spiro atoms. The second-order valence-electron chi connectivity index (χ2n) is 8.98. The van der Waals surface area contributed by atoms with E-state index in [1.807, 2.05) is 26.8 Å². The lowest BCUT2D eigenvalue weighted by Gasteiger charge is -2.12. The molecule has 1 saturated carbocycles. The molecule has 0 aliphatic heterocycles. The molecule has 1 aliphatic rings. The van der Waals surface area contributed by atoms with Crippen LogP contribution in [0.5, 0.6) is 0 Å². The second kappa shape index (κ2) is 7.33. The summed E-state index contributed by atoms with van der Waals surface area (Å²) in [6, 6.07) is 5.31. The molecule has 1 fully saturated rings. The predicted octanol–water partition coefficient (Wildman–Crippen LogP) is 4.34. The van der Waals surface area contributed by atoms with Crippen LogP contribution >= 0.6 is 0 Å². The summed E-state index contributed by atoms with van der Waals surface area (Å²) in [6.07, 6.45) is 7.50. The van der Waals surface area contributed by atoms with E-state index in [0.717, 1.165) is 40.7 Å². The second-order valence-corrected chi connectivity index (χ2v) is 8.98. The zero-order valence-electron chi connectivity index (χ0n) is 18.1. The van der Waals surface area contributed by atoms with Crippen LogP contribution in [0.1, 0.15) is 45.3 Å². The highest BCUT2D eigenvalue weighted by Gasteiger charge is 2.27. The van der Waals surface area contributed by atoms with Crippen molar-refractivity contribution in [3.8, 4) is 11.1 Å². The molecule has 4 N–H and O–H groups in total. The molecule has 0 radical (unpaired) electrons. The molecule has 2 amide bonds. The van der Waals surface area contributed by atoms with Crippen LogP contribution < -0.4 is 16.4 Å². The molecule has 0 aromatic carbocycles. The topological polar surface area (TPSA) is 137 Å². The molecule has 5 rings (SSSR count). The Morgan fingerprint density at radius 2 is 2.00 bits per heavy atom. The molecule has 0 bridgehead atoms. The molecule has 164 valence electrons. The molecule has 0 unspecified atom stereocenters. The number of rotatable bonds is 4. The number of carbonyl (C=O) groups excluding carboxylic acids is 1. The molecule has 4 heterocycles. The summed E-state index contributed by atoms with van der Waals surface area (Å²) in [5, 5.41) is 10.1. The quantitative estimate of drug-likeness (QED) is 0.436. The molecular formula is C22H24N8O2. The van der Waals surface area contributed by atoms with Gasteiger partial charge in [-0.3, -0.25) is 10.6 Å². The fourth-order valence-corrected chi connectivity index (χ4v) is 3.53. The first-order valence-corrected chi connectivity index (χ1v) is 10.4. The van der Waals surface area contributed by atoms with Gasteiger partial charge >= 0.3 is 6.03 Å². The normalized spacial score (nSPS) is 14.0. The van der Waals surface area contributed by atoms with E-state index in [9.17, 15) is 4.79 Å². The predicted molar refractivity (Wildman–Crippen MR) is 121 cm³/mol. The first kappa shape index (κ1) is 20.0. The minimum absolute atomic E-state index is 0.172. The number of amides is 2. The minimum Gasteiger partial charge on any atom is -0.383 e. The van der Waals surface area contributed by atoms with Crippen LogP contribution in [0, 0.1) is 0 Å². The highest BCUT2D eigenvalue weighted by molar-refractivity contribution is 6.01. The van der Waals surface area contributed by atoms with Gasteiger partial charge in [-0.15, -0.1) is 0 Å². The zero-order chi connectivity index (χ0) is 22.5. The van der Waals surface area contributed by atoms with E-state index in [0.29, 0.717) is 17.7 Å². The number of anilines is 3. The van der Waals surface area contributed by atoms with E-state index in [1.54, 1.807) is 18.3 Å². The first-order valence-electron chi connectivity index (χ1n) is 10.4. The van der Waals surface area contributed by atoms with Crippen LogP contribution in [0.3, 0.4) is 0 Å². The third-order valence-electron chi connectivity index (χ3n) is 5.41. The molecule has 10 nitrogen and oxygen atoms in total. The SMILES string of the molecule is CC(C)(C)c1cc(NC(=O)Nc2ccc(-c3cn(C4CC4)c4ncnc(N)c34)cn2)on1. The Morgan fingerprint density at radius 3 is 2.66 bits per heavy atom. The van der Waals surface area contributed by atoms with Gasteiger partial charge in [-0.05, 0) is 25.0 Å². The van der Waals surface area contributed by atoms with Crippen molar-refractivity contribution in [2.45, 2.75) is 45.1 Å². The van der Waals surface area contributed by atoms with Gasteiger partial charge in [0.25, 0.3) is 0 Å². The number of fused-ring (bicyclic) bond motifs is 1. The van der Waals surface area contributed by atoms with Gasteiger partial charge in [0.15, 0.2) is 0 Å². The lowest BCUT2D eigenvalue weighted by Crippen LogP contribution is -2.19. The standard InChI is InChI=1S/C22H24N8O2/c1-22(2,3)15-8-17(32-29-15)28-21(31)27-16-7-4-12(9-24-16)14-10-30(13-5-6-13)20-18(14)19(23)25-11-26-20/h4,7-11,13H,5-6H2,1-3H3,(H2,23,25,26)(H2,24,27,28,31). The number of nitrogen functional groups attached to an aromatic ring is 1. The first-order chi connectivity index (χ1) is 15.3. The summed E-state index contributed by atoms with van der Waals surface area (Å²) < 4.78 is 7.35. The van der Waals surface area contributed by atoms with Gasteiger partial charge in [0.2, 0.25) is 5.88 Å². The highest BCUT2D eigenvalue weighted by atomic mass is 16.5. The van der Waals surface area contributed by atoms with Crippen LogP contribution in [-0.2, 0) is 5.41 Å². The zero-order valence-corrected chi connectivity index (χ0v) is 18.1. The van der Waals surface area contributed by atoms with Crippen molar-refractivity contribution < 1.29 is 9.32 Å². The Labute approximate surface area is 184 Å². The third kappa shape index (κ3) is 3.75. The summed E-state index contributed by atoms with van der Waals surface area (Å²) in [4.78, 5) is 25.3. The molecule has 32 heavy (non-hydrogen) atoms. The highest BCUT2D eigenvalue weighted by Crippen LogP contribution is 2.41.